The number of fused-ring (bicyclic) bond motifs is 5. The zero-order valence-electron chi connectivity index (χ0n) is 11.0. The second kappa shape index (κ2) is 3.93. The van der Waals surface area contributed by atoms with E-state index in [1.165, 1.54) is 5.56 Å². The quantitative estimate of drug-likeness (QED) is 0.555. The lowest BCUT2D eigenvalue weighted by molar-refractivity contribution is 1.20. The predicted molar refractivity (Wildman–Crippen MR) is 80.2 cm³/mol. The maximum atomic E-state index is 12.2. The molecule has 0 fully saturated rings. The molecule has 0 saturated heterocycles. The third-order valence-electron chi connectivity index (χ3n) is 3.95. The van der Waals surface area contributed by atoms with E-state index in [0.29, 0.717) is 5.39 Å². The SMILES string of the molecule is CNc1cccc2c1Cc1c-2[nH]c(=O)c2cccnc12. The van der Waals surface area contributed by atoms with Crippen LogP contribution >= 0.6 is 0 Å². The van der Waals surface area contributed by atoms with Crippen LogP contribution in [0.5, 0.6) is 0 Å². The minimum absolute atomic E-state index is 0.0745. The molecule has 0 saturated carbocycles. The summed E-state index contributed by atoms with van der Waals surface area (Å²) in [7, 11) is 1.91. The second-order valence-corrected chi connectivity index (χ2v) is 4.97. The summed E-state index contributed by atoms with van der Waals surface area (Å²) in [6.07, 6.45) is 2.54. The van der Waals surface area contributed by atoms with Crippen molar-refractivity contribution in [3.8, 4) is 11.3 Å². The Morgan fingerprint density at radius 3 is 2.95 bits per heavy atom. The topological polar surface area (TPSA) is 57.8 Å². The number of aromatic nitrogens is 2. The number of nitrogens with one attached hydrogen (secondary N) is 2. The third-order valence-corrected chi connectivity index (χ3v) is 3.95. The molecule has 4 nitrogen and oxygen atoms in total. The first-order chi connectivity index (χ1) is 9.79. The van der Waals surface area contributed by atoms with Gasteiger partial charge in [0, 0.05) is 36.5 Å². The predicted octanol–water partition coefficient (Wildman–Crippen LogP) is 2.54. The zero-order valence-corrected chi connectivity index (χ0v) is 11.0. The van der Waals surface area contributed by atoms with Gasteiger partial charge in [-0.15, -0.1) is 0 Å². The van der Waals surface area contributed by atoms with Crippen LogP contribution in [0.15, 0.2) is 41.3 Å². The molecule has 0 radical (unpaired) electrons. The fourth-order valence-electron chi connectivity index (χ4n) is 3.03. The highest BCUT2D eigenvalue weighted by molar-refractivity contribution is 5.91. The number of anilines is 1. The molecule has 0 aliphatic heterocycles. The molecule has 0 atom stereocenters. The molecule has 2 N–H and O–H groups in total. The Labute approximate surface area is 115 Å². The first-order valence-electron chi connectivity index (χ1n) is 6.59. The lowest BCUT2D eigenvalue weighted by atomic mass is 10.1. The number of H-pyrrole nitrogens is 1. The number of hydrogen-bond acceptors (Lipinski definition) is 3. The van der Waals surface area contributed by atoms with Gasteiger partial charge in [0.25, 0.3) is 5.56 Å². The van der Waals surface area contributed by atoms with Gasteiger partial charge >= 0.3 is 0 Å². The number of nitrogens with zero attached hydrogens (tertiary/aromatic N) is 1. The molecule has 20 heavy (non-hydrogen) atoms. The van der Waals surface area contributed by atoms with Crippen LogP contribution in [0.4, 0.5) is 5.69 Å². The summed E-state index contributed by atoms with van der Waals surface area (Å²) < 4.78 is 0. The van der Waals surface area contributed by atoms with Crippen LogP contribution in [0, 0.1) is 0 Å². The van der Waals surface area contributed by atoms with Crippen molar-refractivity contribution < 1.29 is 0 Å². The monoisotopic (exact) mass is 263 g/mol. The molecule has 0 bridgehead atoms. The number of rotatable bonds is 1. The van der Waals surface area contributed by atoms with Crippen LogP contribution in [0.3, 0.4) is 0 Å². The van der Waals surface area contributed by atoms with Gasteiger partial charge < -0.3 is 10.3 Å². The summed E-state index contributed by atoms with van der Waals surface area (Å²) in [5.74, 6) is 0. The molecule has 4 heteroatoms. The maximum absolute atomic E-state index is 12.2. The average Bonchev–Trinajstić information content (AvgIpc) is 2.86. The minimum Gasteiger partial charge on any atom is -0.388 e. The van der Waals surface area contributed by atoms with Crippen LogP contribution in [0.2, 0.25) is 0 Å². The molecule has 0 unspecified atom stereocenters. The summed E-state index contributed by atoms with van der Waals surface area (Å²) in [4.78, 5) is 19.6. The van der Waals surface area contributed by atoms with Crippen molar-refractivity contribution in [3.05, 3.63) is 58.0 Å². The van der Waals surface area contributed by atoms with Crippen molar-refractivity contribution in [2.45, 2.75) is 6.42 Å². The van der Waals surface area contributed by atoms with E-state index < -0.39 is 0 Å². The van der Waals surface area contributed by atoms with Crippen molar-refractivity contribution >= 4 is 16.6 Å². The van der Waals surface area contributed by atoms with Crippen molar-refractivity contribution in [1.82, 2.24) is 9.97 Å². The van der Waals surface area contributed by atoms with E-state index >= 15 is 0 Å². The molecule has 0 spiro atoms. The number of pyridine rings is 2. The molecule has 2 heterocycles. The van der Waals surface area contributed by atoms with Gasteiger partial charge in [-0.05, 0) is 23.8 Å². The Kier molecular flexibility index (Phi) is 2.21. The van der Waals surface area contributed by atoms with E-state index in [1.807, 2.05) is 25.2 Å². The first-order valence-corrected chi connectivity index (χ1v) is 6.59. The maximum Gasteiger partial charge on any atom is 0.257 e. The van der Waals surface area contributed by atoms with Crippen LogP contribution in [-0.4, -0.2) is 17.0 Å². The molecule has 1 aliphatic carbocycles. The third kappa shape index (κ3) is 1.36. The van der Waals surface area contributed by atoms with Gasteiger partial charge in [0.2, 0.25) is 0 Å². The van der Waals surface area contributed by atoms with Gasteiger partial charge in [0.05, 0.1) is 16.6 Å². The summed E-state index contributed by atoms with van der Waals surface area (Å²) in [5, 5.41) is 3.87. The van der Waals surface area contributed by atoms with Gasteiger partial charge in [-0.2, -0.15) is 0 Å². The Morgan fingerprint density at radius 2 is 2.10 bits per heavy atom. The highest BCUT2D eigenvalue weighted by atomic mass is 16.1. The van der Waals surface area contributed by atoms with Crippen molar-refractivity contribution in [2.75, 3.05) is 12.4 Å². The summed E-state index contributed by atoms with van der Waals surface area (Å²) in [6.45, 7) is 0. The molecule has 1 aromatic carbocycles. The average molecular weight is 263 g/mol. The Hall–Kier alpha value is -2.62. The molecule has 3 aromatic rings. The highest BCUT2D eigenvalue weighted by Gasteiger charge is 2.24. The fourth-order valence-corrected chi connectivity index (χ4v) is 3.03. The molecular formula is C16H13N3O. The molecule has 0 amide bonds. The van der Waals surface area contributed by atoms with Crippen LogP contribution in [-0.2, 0) is 6.42 Å². The van der Waals surface area contributed by atoms with Gasteiger partial charge in [-0.1, -0.05) is 12.1 Å². The van der Waals surface area contributed by atoms with E-state index in [4.69, 9.17) is 0 Å². The molecule has 1 aliphatic rings. The van der Waals surface area contributed by atoms with Gasteiger partial charge in [0.15, 0.2) is 0 Å². The van der Waals surface area contributed by atoms with Gasteiger partial charge in [-0.25, -0.2) is 0 Å². The number of aromatic amines is 1. The fraction of sp³-hybridized carbons (Fsp3) is 0.125. The summed E-state index contributed by atoms with van der Waals surface area (Å²) in [6, 6.07) is 9.72. The second-order valence-electron chi connectivity index (χ2n) is 4.97. The molecular weight excluding hydrogens is 250 g/mol. The summed E-state index contributed by atoms with van der Waals surface area (Å²) in [5.41, 5.74) is 6.17. The summed E-state index contributed by atoms with van der Waals surface area (Å²) >= 11 is 0. The van der Waals surface area contributed by atoms with E-state index in [2.05, 4.69) is 21.4 Å². The number of hydrogen-bond donors (Lipinski definition) is 2. The van der Waals surface area contributed by atoms with Crippen molar-refractivity contribution in [3.63, 3.8) is 0 Å². The minimum atomic E-state index is -0.0745. The van der Waals surface area contributed by atoms with Crippen LogP contribution in [0.1, 0.15) is 11.1 Å². The molecule has 2 aromatic heterocycles. The van der Waals surface area contributed by atoms with E-state index in [9.17, 15) is 4.79 Å². The van der Waals surface area contributed by atoms with Gasteiger partial charge in [-0.3, -0.25) is 9.78 Å². The van der Waals surface area contributed by atoms with Crippen molar-refractivity contribution in [1.29, 1.82) is 0 Å². The van der Waals surface area contributed by atoms with Crippen LogP contribution in [0.25, 0.3) is 22.2 Å². The molecule has 98 valence electrons. The standard InChI is InChI=1S/C16H13N3O/c1-17-13-6-2-4-9-11(13)8-12-14-10(5-3-7-18-14)16(20)19-15(9)12/h2-7,17H,8H2,1H3,(H,19,20). The zero-order chi connectivity index (χ0) is 13.7. The lowest BCUT2D eigenvalue weighted by Crippen LogP contribution is -2.09. The van der Waals surface area contributed by atoms with E-state index in [-0.39, 0.29) is 5.56 Å². The Balaban J connectivity index is 2.11. The largest absolute Gasteiger partial charge is 0.388 e. The van der Waals surface area contributed by atoms with Crippen LogP contribution < -0.4 is 10.9 Å². The van der Waals surface area contributed by atoms with E-state index in [1.54, 1.807) is 12.3 Å². The van der Waals surface area contributed by atoms with E-state index in [0.717, 1.165) is 34.4 Å². The van der Waals surface area contributed by atoms with Crippen molar-refractivity contribution in [2.24, 2.45) is 0 Å². The smallest absolute Gasteiger partial charge is 0.257 e. The molecule has 4 rings (SSSR count). The Bertz CT molecular complexity index is 896. The first kappa shape index (κ1) is 11.2. The normalized spacial score (nSPS) is 12.2. The highest BCUT2D eigenvalue weighted by Crippen LogP contribution is 2.40. The van der Waals surface area contributed by atoms with Gasteiger partial charge in [0.1, 0.15) is 0 Å². The number of benzene rings is 1. The Morgan fingerprint density at radius 1 is 1.20 bits per heavy atom. The lowest BCUT2D eigenvalue weighted by Gasteiger charge is -2.06.